The van der Waals surface area contributed by atoms with E-state index in [1.54, 1.807) is 19.4 Å². The van der Waals surface area contributed by atoms with E-state index in [-0.39, 0.29) is 0 Å². The molecule has 35 heavy (non-hydrogen) atoms. The Balaban J connectivity index is 1.74. The first-order valence-corrected chi connectivity index (χ1v) is 11.3. The van der Waals surface area contributed by atoms with Gasteiger partial charge in [0.05, 0.1) is 29.9 Å². The number of benzene rings is 2. The number of methoxy groups -OCH3 is 1. The minimum Gasteiger partial charge on any atom is -0.495 e. The van der Waals surface area contributed by atoms with E-state index in [9.17, 15) is 9.18 Å². The smallest absolute Gasteiger partial charge is 0.328 e. The number of aliphatic carboxylic acids is 1. The van der Waals surface area contributed by atoms with Crippen molar-refractivity contribution in [2.24, 2.45) is 5.92 Å². The Morgan fingerprint density at radius 3 is 2.54 bits per heavy atom. The Morgan fingerprint density at radius 2 is 1.89 bits per heavy atom. The standard InChI is InChI=1S/C28H24FN3O3/c1-16-13-21(35-2)15-30-27(16)26(19-8-9-19)25(18-6-3-17(4-7-18)5-12-24(33)34)20-10-11-23-22(14-20)28(29)32-31-23/h3-7,10-15,19H,8-9H2,1-2H3,(H,31,32)(H,33,34)/b12-5+,26-25+. The van der Waals surface area contributed by atoms with Crippen LogP contribution in [0.15, 0.2) is 60.8 Å². The van der Waals surface area contributed by atoms with Crippen LogP contribution in [-0.4, -0.2) is 33.4 Å². The number of allylic oxidation sites excluding steroid dienone is 1. The molecule has 0 saturated heterocycles. The average Bonchev–Trinajstić information content (AvgIpc) is 3.64. The predicted molar refractivity (Wildman–Crippen MR) is 133 cm³/mol. The van der Waals surface area contributed by atoms with Gasteiger partial charge in [0, 0.05) is 6.08 Å². The number of carboxylic acid groups (broad SMARTS) is 1. The summed E-state index contributed by atoms with van der Waals surface area (Å²) >= 11 is 0. The Kier molecular flexibility index (Phi) is 5.91. The van der Waals surface area contributed by atoms with Crippen molar-refractivity contribution < 1.29 is 19.0 Å². The molecular formula is C28H24FN3O3. The van der Waals surface area contributed by atoms with E-state index in [2.05, 4.69) is 10.2 Å². The quantitative estimate of drug-likeness (QED) is 0.330. The molecule has 2 N–H and O–H groups in total. The Morgan fingerprint density at radius 1 is 1.14 bits per heavy atom. The molecule has 1 fully saturated rings. The molecule has 5 rings (SSSR count). The summed E-state index contributed by atoms with van der Waals surface area (Å²) in [6.07, 6.45) is 6.49. The Labute approximate surface area is 201 Å². The van der Waals surface area contributed by atoms with Gasteiger partial charge in [0.1, 0.15) is 5.75 Å². The van der Waals surface area contributed by atoms with Gasteiger partial charge in [0.15, 0.2) is 0 Å². The normalized spacial score (nSPS) is 14.4. The minimum absolute atomic E-state index is 0.334. The molecule has 1 aliphatic rings. The topological polar surface area (TPSA) is 88.1 Å². The number of carboxylic acids is 1. The van der Waals surface area contributed by atoms with Crippen LogP contribution in [0.5, 0.6) is 5.75 Å². The third-order valence-corrected chi connectivity index (χ3v) is 6.21. The molecule has 0 radical (unpaired) electrons. The highest BCUT2D eigenvalue weighted by atomic mass is 19.1. The van der Waals surface area contributed by atoms with E-state index >= 15 is 0 Å². The van der Waals surface area contributed by atoms with Crippen LogP contribution < -0.4 is 4.74 Å². The van der Waals surface area contributed by atoms with Gasteiger partial charge in [0.25, 0.3) is 0 Å². The van der Waals surface area contributed by atoms with Gasteiger partial charge in [-0.25, -0.2) is 4.79 Å². The summed E-state index contributed by atoms with van der Waals surface area (Å²) in [6.45, 7) is 2.02. The van der Waals surface area contributed by atoms with Crippen molar-refractivity contribution in [2.75, 3.05) is 7.11 Å². The summed E-state index contributed by atoms with van der Waals surface area (Å²) in [7, 11) is 1.62. The monoisotopic (exact) mass is 469 g/mol. The lowest BCUT2D eigenvalue weighted by Crippen LogP contribution is -2.02. The van der Waals surface area contributed by atoms with Crippen molar-refractivity contribution >= 4 is 34.1 Å². The van der Waals surface area contributed by atoms with Gasteiger partial charge in [-0.15, -0.1) is 0 Å². The molecule has 2 aromatic heterocycles. The first-order valence-electron chi connectivity index (χ1n) is 11.3. The zero-order valence-corrected chi connectivity index (χ0v) is 19.4. The summed E-state index contributed by atoms with van der Waals surface area (Å²) in [5.74, 6) is -0.440. The molecule has 176 valence electrons. The highest BCUT2D eigenvalue weighted by molar-refractivity contribution is 6.01. The summed E-state index contributed by atoms with van der Waals surface area (Å²) in [5.41, 5.74) is 7.13. The maximum absolute atomic E-state index is 14.4. The summed E-state index contributed by atoms with van der Waals surface area (Å²) in [5, 5.41) is 15.8. The van der Waals surface area contributed by atoms with Gasteiger partial charge in [-0.05, 0) is 83.4 Å². The number of rotatable bonds is 7. The van der Waals surface area contributed by atoms with Crippen LogP contribution in [0.3, 0.4) is 0 Å². The van der Waals surface area contributed by atoms with E-state index in [1.807, 2.05) is 55.5 Å². The molecule has 7 heteroatoms. The fraction of sp³-hybridized carbons (Fsp3) is 0.179. The number of nitrogens with zero attached hydrogens (tertiary/aromatic N) is 2. The number of pyridine rings is 1. The molecule has 1 aliphatic carbocycles. The van der Waals surface area contributed by atoms with Crippen molar-refractivity contribution in [1.82, 2.24) is 15.2 Å². The molecule has 0 aliphatic heterocycles. The van der Waals surface area contributed by atoms with Crippen LogP contribution in [0, 0.1) is 18.8 Å². The Bertz CT molecular complexity index is 1480. The van der Waals surface area contributed by atoms with Crippen molar-refractivity contribution in [3.8, 4) is 5.75 Å². The third-order valence-electron chi connectivity index (χ3n) is 6.21. The fourth-order valence-corrected chi connectivity index (χ4v) is 4.37. The maximum atomic E-state index is 14.4. The minimum atomic E-state index is -0.998. The first kappa shape index (κ1) is 22.5. The highest BCUT2D eigenvalue weighted by Crippen LogP contribution is 2.48. The molecule has 0 amide bonds. The molecule has 0 bridgehead atoms. The van der Waals surface area contributed by atoms with E-state index < -0.39 is 11.9 Å². The van der Waals surface area contributed by atoms with Gasteiger partial charge < -0.3 is 9.84 Å². The largest absolute Gasteiger partial charge is 0.495 e. The van der Waals surface area contributed by atoms with Gasteiger partial charge in [0.2, 0.25) is 5.95 Å². The summed E-state index contributed by atoms with van der Waals surface area (Å²) < 4.78 is 19.8. The van der Waals surface area contributed by atoms with Gasteiger partial charge in [-0.1, -0.05) is 30.3 Å². The fourth-order valence-electron chi connectivity index (χ4n) is 4.37. The number of hydrogen-bond donors (Lipinski definition) is 2. The lowest BCUT2D eigenvalue weighted by Gasteiger charge is -2.18. The second kappa shape index (κ2) is 9.18. The molecule has 4 aromatic rings. The second-order valence-electron chi connectivity index (χ2n) is 8.67. The van der Waals surface area contributed by atoms with E-state index in [0.717, 1.165) is 58.0 Å². The van der Waals surface area contributed by atoms with E-state index in [0.29, 0.717) is 22.6 Å². The zero-order valence-electron chi connectivity index (χ0n) is 19.4. The van der Waals surface area contributed by atoms with Crippen LogP contribution in [-0.2, 0) is 4.79 Å². The predicted octanol–water partition coefficient (Wildman–Crippen LogP) is 5.88. The SMILES string of the molecule is COc1cnc(/C(=C(\c2ccc(/C=C/C(=O)O)cc2)c2ccc3n[nH]c(F)c3c2)C2CC2)c(C)c1. The number of fused-ring (bicyclic) bond motifs is 1. The second-order valence-corrected chi connectivity index (χ2v) is 8.67. The van der Waals surface area contributed by atoms with Crippen LogP contribution in [0.25, 0.3) is 28.1 Å². The summed E-state index contributed by atoms with van der Waals surface area (Å²) in [6, 6.07) is 15.3. The average molecular weight is 470 g/mol. The van der Waals surface area contributed by atoms with Crippen molar-refractivity contribution in [1.29, 1.82) is 0 Å². The molecule has 1 saturated carbocycles. The van der Waals surface area contributed by atoms with Gasteiger partial charge in [-0.2, -0.15) is 9.49 Å². The van der Waals surface area contributed by atoms with Crippen LogP contribution >= 0.6 is 0 Å². The van der Waals surface area contributed by atoms with E-state index in [4.69, 9.17) is 14.8 Å². The van der Waals surface area contributed by atoms with Crippen LogP contribution in [0.2, 0.25) is 0 Å². The number of H-pyrrole nitrogens is 1. The number of halogens is 1. The van der Waals surface area contributed by atoms with Crippen LogP contribution in [0.1, 0.15) is 40.8 Å². The molecule has 2 aromatic carbocycles. The Hall–Kier alpha value is -4.26. The molecule has 6 nitrogen and oxygen atoms in total. The summed E-state index contributed by atoms with van der Waals surface area (Å²) in [4.78, 5) is 15.7. The maximum Gasteiger partial charge on any atom is 0.328 e. The third kappa shape index (κ3) is 4.57. The number of hydrogen-bond acceptors (Lipinski definition) is 4. The number of aryl methyl sites for hydroxylation is 1. The molecule has 0 atom stereocenters. The van der Waals surface area contributed by atoms with Crippen molar-refractivity contribution in [2.45, 2.75) is 19.8 Å². The van der Waals surface area contributed by atoms with Crippen molar-refractivity contribution in [3.63, 3.8) is 0 Å². The molecule has 0 unspecified atom stereocenters. The number of aromatic amines is 1. The number of carbonyl (C=O) groups is 1. The molecule has 0 spiro atoms. The molecule has 2 heterocycles. The van der Waals surface area contributed by atoms with E-state index in [1.165, 1.54) is 0 Å². The lowest BCUT2D eigenvalue weighted by atomic mass is 9.87. The highest BCUT2D eigenvalue weighted by Gasteiger charge is 2.32. The first-order chi connectivity index (χ1) is 16.9. The van der Waals surface area contributed by atoms with Crippen LogP contribution in [0.4, 0.5) is 4.39 Å². The zero-order chi connectivity index (χ0) is 24.5. The lowest BCUT2D eigenvalue weighted by molar-refractivity contribution is -0.131. The number of aromatic nitrogens is 3. The number of ether oxygens (including phenoxy) is 1. The molecular weight excluding hydrogens is 445 g/mol. The van der Waals surface area contributed by atoms with Gasteiger partial charge in [-0.3, -0.25) is 10.1 Å². The van der Waals surface area contributed by atoms with Crippen molar-refractivity contribution in [3.05, 3.63) is 94.7 Å². The van der Waals surface area contributed by atoms with Gasteiger partial charge >= 0.3 is 5.97 Å². The number of nitrogens with one attached hydrogen (secondary N) is 1.